The van der Waals surface area contributed by atoms with Gasteiger partial charge in [0, 0.05) is 24.6 Å². The van der Waals surface area contributed by atoms with Crippen molar-refractivity contribution in [3.8, 4) is 0 Å². The quantitative estimate of drug-likeness (QED) is 0.911. The fraction of sp³-hybridized carbons (Fsp3) is 0.444. The lowest BCUT2D eigenvalue weighted by molar-refractivity contribution is 0.0939. The minimum Gasteiger partial charge on any atom is -0.360 e. The van der Waals surface area contributed by atoms with Crippen LogP contribution in [-0.2, 0) is 19.3 Å². The molecule has 1 atom stereocenters. The summed E-state index contributed by atoms with van der Waals surface area (Å²) in [4.78, 5) is 12.5. The zero-order valence-electron chi connectivity index (χ0n) is 13.1. The highest BCUT2D eigenvalue weighted by Gasteiger charge is 2.25. The Labute approximate surface area is 135 Å². The van der Waals surface area contributed by atoms with Crippen molar-refractivity contribution >= 4 is 5.91 Å². The first-order valence-corrected chi connectivity index (χ1v) is 8.40. The second kappa shape index (κ2) is 6.16. The maximum absolute atomic E-state index is 12.5. The summed E-state index contributed by atoms with van der Waals surface area (Å²) < 4.78 is 5.33. The van der Waals surface area contributed by atoms with Crippen LogP contribution in [0.3, 0.4) is 0 Å². The van der Waals surface area contributed by atoms with Gasteiger partial charge in [-0.15, -0.1) is 0 Å². The second-order valence-corrected chi connectivity index (χ2v) is 6.31. The number of nitrogens with zero attached hydrogens (tertiary/aromatic N) is 1. The number of benzene rings is 1. The second-order valence-electron chi connectivity index (χ2n) is 6.31. The van der Waals surface area contributed by atoms with Crippen molar-refractivity contribution in [1.82, 2.24) is 15.8 Å². The SMILES string of the molecule is O=C(NCC1NCCc2ccccc21)c1noc2c1CCCC2. The monoisotopic (exact) mass is 311 g/mol. The van der Waals surface area contributed by atoms with Crippen LogP contribution in [0.25, 0.3) is 0 Å². The van der Waals surface area contributed by atoms with Gasteiger partial charge in [-0.1, -0.05) is 29.4 Å². The third-order valence-corrected chi connectivity index (χ3v) is 4.85. The van der Waals surface area contributed by atoms with E-state index in [2.05, 4.69) is 40.1 Å². The van der Waals surface area contributed by atoms with Gasteiger partial charge >= 0.3 is 0 Å². The lowest BCUT2D eigenvalue weighted by Crippen LogP contribution is -2.39. The van der Waals surface area contributed by atoms with Crippen molar-refractivity contribution in [1.29, 1.82) is 0 Å². The Kier molecular flexibility index (Phi) is 3.87. The number of amides is 1. The molecule has 1 unspecified atom stereocenters. The number of hydrogen-bond acceptors (Lipinski definition) is 4. The highest BCUT2D eigenvalue weighted by atomic mass is 16.5. The lowest BCUT2D eigenvalue weighted by Gasteiger charge is -2.27. The number of rotatable bonds is 3. The molecule has 1 aliphatic carbocycles. The molecular formula is C18H21N3O2. The van der Waals surface area contributed by atoms with Gasteiger partial charge in [0.2, 0.25) is 0 Å². The molecule has 0 fully saturated rings. The number of carbonyl (C=O) groups is 1. The van der Waals surface area contributed by atoms with Gasteiger partial charge in [-0.25, -0.2) is 0 Å². The molecule has 2 N–H and O–H groups in total. The Morgan fingerprint density at radius 2 is 2.13 bits per heavy atom. The van der Waals surface area contributed by atoms with Gasteiger partial charge in [0.05, 0.1) is 0 Å². The third-order valence-electron chi connectivity index (χ3n) is 4.85. The van der Waals surface area contributed by atoms with Crippen molar-refractivity contribution in [2.24, 2.45) is 0 Å². The van der Waals surface area contributed by atoms with Crippen LogP contribution in [0.2, 0.25) is 0 Å². The number of fused-ring (bicyclic) bond motifs is 2. The molecule has 0 saturated carbocycles. The molecule has 5 nitrogen and oxygen atoms in total. The van der Waals surface area contributed by atoms with Crippen LogP contribution in [0.15, 0.2) is 28.8 Å². The zero-order valence-corrected chi connectivity index (χ0v) is 13.1. The molecule has 0 spiro atoms. The summed E-state index contributed by atoms with van der Waals surface area (Å²) >= 11 is 0. The molecule has 1 aliphatic heterocycles. The van der Waals surface area contributed by atoms with Crippen LogP contribution in [-0.4, -0.2) is 24.2 Å². The first-order chi connectivity index (χ1) is 11.3. The predicted octanol–water partition coefficient (Wildman–Crippen LogP) is 2.17. The zero-order chi connectivity index (χ0) is 15.6. The summed E-state index contributed by atoms with van der Waals surface area (Å²) in [6, 6.07) is 8.58. The van der Waals surface area contributed by atoms with Gasteiger partial charge in [0.15, 0.2) is 5.69 Å². The minimum absolute atomic E-state index is 0.123. The Hall–Kier alpha value is -2.14. The molecule has 0 bridgehead atoms. The summed E-state index contributed by atoms with van der Waals surface area (Å²) in [5, 5.41) is 10.5. The number of aryl methyl sites for hydroxylation is 1. The van der Waals surface area contributed by atoms with Gasteiger partial charge in [-0.05, 0) is 43.4 Å². The standard InChI is InChI=1S/C18H21N3O2/c22-18(17-14-7-3-4-8-16(14)23-21-17)20-11-15-13-6-2-1-5-12(13)9-10-19-15/h1-2,5-6,15,19H,3-4,7-11H2,(H,20,22). The highest BCUT2D eigenvalue weighted by Crippen LogP contribution is 2.25. The summed E-state index contributed by atoms with van der Waals surface area (Å²) in [5.74, 6) is 0.768. The van der Waals surface area contributed by atoms with Crippen molar-refractivity contribution in [3.05, 3.63) is 52.4 Å². The van der Waals surface area contributed by atoms with Gasteiger partial charge < -0.3 is 15.2 Å². The van der Waals surface area contributed by atoms with E-state index in [4.69, 9.17) is 4.52 Å². The maximum Gasteiger partial charge on any atom is 0.273 e. The predicted molar refractivity (Wildman–Crippen MR) is 86.4 cm³/mol. The fourth-order valence-electron chi connectivity index (χ4n) is 3.62. The Balaban J connectivity index is 1.46. The summed E-state index contributed by atoms with van der Waals surface area (Å²) in [5.41, 5.74) is 4.13. The van der Waals surface area contributed by atoms with E-state index in [1.165, 1.54) is 11.1 Å². The molecule has 2 aromatic rings. The van der Waals surface area contributed by atoms with E-state index in [1.54, 1.807) is 0 Å². The smallest absolute Gasteiger partial charge is 0.273 e. The minimum atomic E-state index is -0.123. The van der Waals surface area contributed by atoms with E-state index in [1.807, 2.05) is 0 Å². The van der Waals surface area contributed by atoms with Crippen LogP contribution in [0, 0.1) is 0 Å². The van der Waals surface area contributed by atoms with E-state index in [9.17, 15) is 4.79 Å². The fourth-order valence-corrected chi connectivity index (χ4v) is 3.62. The molecular weight excluding hydrogens is 290 g/mol. The van der Waals surface area contributed by atoms with Gasteiger partial charge in [0.1, 0.15) is 5.76 Å². The van der Waals surface area contributed by atoms with E-state index in [-0.39, 0.29) is 11.9 Å². The number of aromatic nitrogens is 1. The summed E-state index contributed by atoms with van der Waals surface area (Å²) in [6.45, 7) is 1.51. The van der Waals surface area contributed by atoms with Crippen molar-refractivity contribution in [2.45, 2.75) is 38.1 Å². The van der Waals surface area contributed by atoms with Crippen LogP contribution >= 0.6 is 0 Å². The number of hydrogen-bond donors (Lipinski definition) is 2. The first-order valence-electron chi connectivity index (χ1n) is 8.40. The van der Waals surface area contributed by atoms with E-state index >= 15 is 0 Å². The largest absolute Gasteiger partial charge is 0.360 e. The van der Waals surface area contributed by atoms with Crippen LogP contribution in [0.4, 0.5) is 0 Å². The van der Waals surface area contributed by atoms with Crippen LogP contribution < -0.4 is 10.6 Å². The van der Waals surface area contributed by atoms with Gasteiger partial charge in [-0.2, -0.15) is 0 Å². The molecule has 23 heavy (non-hydrogen) atoms. The Morgan fingerprint density at radius 1 is 1.26 bits per heavy atom. The highest BCUT2D eigenvalue weighted by molar-refractivity contribution is 5.93. The summed E-state index contributed by atoms with van der Waals surface area (Å²) in [7, 11) is 0. The Morgan fingerprint density at radius 3 is 3.09 bits per heavy atom. The van der Waals surface area contributed by atoms with Crippen molar-refractivity contribution in [2.75, 3.05) is 13.1 Å². The van der Waals surface area contributed by atoms with E-state index < -0.39 is 0 Å². The third kappa shape index (κ3) is 2.77. The molecule has 0 saturated heterocycles. The van der Waals surface area contributed by atoms with Gasteiger partial charge in [-0.3, -0.25) is 4.79 Å². The van der Waals surface area contributed by atoms with Gasteiger partial charge in [0.25, 0.3) is 5.91 Å². The Bertz CT molecular complexity index is 723. The lowest BCUT2D eigenvalue weighted by atomic mass is 9.94. The molecule has 2 aliphatic rings. The molecule has 120 valence electrons. The molecule has 2 heterocycles. The van der Waals surface area contributed by atoms with E-state index in [0.717, 1.165) is 50.0 Å². The molecule has 1 aromatic carbocycles. The molecule has 5 heteroatoms. The molecule has 4 rings (SSSR count). The average molecular weight is 311 g/mol. The molecule has 1 amide bonds. The first kappa shape index (κ1) is 14.5. The average Bonchev–Trinajstić information content (AvgIpc) is 3.04. The van der Waals surface area contributed by atoms with Crippen LogP contribution in [0.1, 0.15) is 51.8 Å². The normalized spacial score (nSPS) is 19.7. The van der Waals surface area contributed by atoms with Crippen molar-refractivity contribution < 1.29 is 9.32 Å². The molecule has 0 radical (unpaired) electrons. The van der Waals surface area contributed by atoms with E-state index in [0.29, 0.717) is 12.2 Å². The topological polar surface area (TPSA) is 67.2 Å². The maximum atomic E-state index is 12.5. The number of carbonyl (C=O) groups excluding carboxylic acids is 1. The van der Waals surface area contributed by atoms with Crippen LogP contribution in [0.5, 0.6) is 0 Å². The van der Waals surface area contributed by atoms with Crippen molar-refractivity contribution in [3.63, 3.8) is 0 Å². The molecule has 1 aromatic heterocycles. The number of nitrogens with one attached hydrogen (secondary N) is 2. The summed E-state index contributed by atoms with van der Waals surface area (Å²) in [6.07, 6.45) is 5.05.